The fourth-order valence-corrected chi connectivity index (χ4v) is 0.979. The Morgan fingerprint density at radius 2 is 2.47 bits per heavy atom. The van der Waals surface area contributed by atoms with Gasteiger partial charge in [-0.3, -0.25) is 10.4 Å². The summed E-state index contributed by atoms with van der Waals surface area (Å²) >= 11 is 0. The molecule has 0 spiro atoms. The van der Waals surface area contributed by atoms with E-state index in [0.29, 0.717) is 18.3 Å². The minimum Gasteiger partial charge on any atom is -0.345 e. The van der Waals surface area contributed by atoms with E-state index in [0.717, 1.165) is 6.42 Å². The van der Waals surface area contributed by atoms with Gasteiger partial charge in [-0.25, -0.2) is 5.84 Å². The molecular formula is C7H16N8. The van der Waals surface area contributed by atoms with Gasteiger partial charge in [0, 0.05) is 6.54 Å². The number of guanidine groups is 1. The Balaban J connectivity index is 2.52. The largest absolute Gasteiger partial charge is 0.345 e. The monoisotopic (exact) mass is 212 g/mol. The molecule has 0 aliphatic carbocycles. The van der Waals surface area contributed by atoms with Crippen molar-refractivity contribution in [1.82, 2.24) is 31.4 Å². The third-order valence-electron chi connectivity index (χ3n) is 1.73. The molecule has 0 saturated heterocycles. The van der Waals surface area contributed by atoms with Gasteiger partial charge in [0.25, 0.3) is 0 Å². The van der Waals surface area contributed by atoms with Crippen LogP contribution in [0.2, 0.25) is 0 Å². The second kappa shape index (κ2) is 5.91. The summed E-state index contributed by atoms with van der Waals surface area (Å²) in [6, 6.07) is -0.101. The lowest BCUT2D eigenvalue weighted by Gasteiger charge is -2.12. The molecule has 1 aromatic rings. The molecule has 0 amide bonds. The van der Waals surface area contributed by atoms with Crippen LogP contribution in [0.25, 0.3) is 0 Å². The number of hydrogen-bond donors (Lipinski definition) is 4. The number of tetrazole rings is 1. The van der Waals surface area contributed by atoms with Crippen LogP contribution in [-0.4, -0.2) is 33.1 Å². The lowest BCUT2D eigenvalue weighted by molar-refractivity contribution is 0.644. The highest BCUT2D eigenvalue weighted by Crippen LogP contribution is 2.01. The maximum absolute atomic E-state index is 5.31. The van der Waals surface area contributed by atoms with Crippen molar-refractivity contribution in [2.45, 2.75) is 26.3 Å². The number of rotatable bonds is 4. The quantitative estimate of drug-likeness (QED) is 0.222. The van der Waals surface area contributed by atoms with E-state index in [1.807, 2.05) is 13.8 Å². The van der Waals surface area contributed by atoms with Crippen LogP contribution in [0.15, 0.2) is 4.99 Å². The highest BCUT2D eigenvalue weighted by Gasteiger charge is 2.10. The predicted octanol–water partition coefficient (Wildman–Crippen LogP) is -0.920. The molecular weight excluding hydrogens is 196 g/mol. The normalized spacial score (nSPS) is 13.7. The lowest BCUT2D eigenvalue weighted by Crippen LogP contribution is -2.43. The number of aliphatic imine (C=N–C) groups is 1. The van der Waals surface area contributed by atoms with Gasteiger partial charge in [0.15, 0.2) is 5.82 Å². The van der Waals surface area contributed by atoms with Gasteiger partial charge in [-0.1, -0.05) is 12.1 Å². The molecule has 84 valence electrons. The molecule has 1 unspecified atom stereocenters. The summed E-state index contributed by atoms with van der Waals surface area (Å²) in [7, 11) is 0. The minimum absolute atomic E-state index is 0.101. The summed E-state index contributed by atoms with van der Waals surface area (Å²) in [4.78, 5) is 4.19. The van der Waals surface area contributed by atoms with Crippen LogP contribution in [0, 0.1) is 0 Å². The zero-order chi connectivity index (χ0) is 11.1. The molecule has 0 aromatic carbocycles. The maximum atomic E-state index is 5.31. The Labute approximate surface area is 87.7 Å². The second-order valence-electron chi connectivity index (χ2n) is 3.01. The first-order valence-corrected chi connectivity index (χ1v) is 4.78. The topological polar surface area (TPSA) is 117 Å². The van der Waals surface area contributed by atoms with E-state index in [4.69, 9.17) is 5.84 Å². The Morgan fingerprint density at radius 1 is 1.67 bits per heavy atom. The first-order chi connectivity index (χ1) is 7.27. The molecule has 8 nitrogen and oxygen atoms in total. The van der Waals surface area contributed by atoms with Crippen LogP contribution in [0.5, 0.6) is 0 Å². The molecule has 0 aliphatic rings. The van der Waals surface area contributed by atoms with Gasteiger partial charge in [-0.15, -0.1) is 10.2 Å². The van der Waals surface area contributed by atoms with E-state index >= 15 is 0 Å². The molecule has 1 heterocycles. The number of H-pyrrole nitrogens is 1. The van der Waals surface area contributed by atoms with E-state index in [1.54, 1.807) is 0 Å². The van der Waals surface area contributed by atoms with Gasteiger partial charge >= 0.3 is 0 Å². The predicted molar refractivity (Wildman–Crippen MR) is 55.6 cm³/mol. The van der Waals surface area contributed by atoms with Crippen LogP contribution in [-0.2, 0) is 0 Å². The van der Waals surface area contributed by atoms with E-state index in [9.17, 15) is 0 Å². The third-order valence-corrected chi connectivity index (χ3v) is 1.73. The fourth-order valence-electron chi connectivity index (χ4n) is 0.979. The smallest absolute Gasteiger partial charge is 0.206 e. The molecule has 1 atom stereocenters. The van der Waals surface area contributed by atoms with Crippen molar-refractivity contribution in [3.05, 3.63) is 5.82 Å². The van der Waals surface area contributed by atoms with Crippen LogP contribution in [0.4, 0.5) is 0 Å². The van der Waals surface area contributed by atoms with Gasteiger partial charge < -0.3 is 5.32 Å². The van der Waals surface area contributed by atoms with E-state index in [-0.39, 0.29) is 6.04 Å². The molecule has 0 aliphatic heterocycles. The van der Waals surface area contributed by atoms with E-state index in [1.165, 1.54) is 0 Å². The first-order valence-electron chi connectivity index (χ1n) is 4.78. The Kier molecular flexibility index (Phi) is 4.48. The van der Waals surface area contributed by atoms with Crippen molar-refractivity contribution in [3.8, 4) is 0 Å². The van der Waals surface area contributed by atoms with Crippen LogP contribution >= 0.6 is 0 Å². The van der Waals surface area contributed by atoms with Gasteiger partial charge in [0.05, 0.1) is 6.04 Å². The average molecular weight is 212 g/mol. The second-order valence-corrected chi connectivity index (χ2v) is 3.01. The zero-order valence-electron chi connectivity index (χ0n) is 8.86. The summed E-state index contributed by atoms with van der Waals surface area (Å²) in [6.45, 7) is 4.65. The van der Waals surface area contributed by atoms with E-state index < -0.39 is 0 Å². The number of aromatic nitrogens is 4. The lowest BCUT2D eigenvalue weighted by atomic mass is 10.3. The summed E-state index contributed by atoms with van der Waals surface area (Å²) < 4.78 is 0. The molecule has 0 bridgehead atoms. The van der Waals surface area contributed by atoms with Crippen LogP contribution in [0.1, 0.15) is 32.1 Å². The average Bonchev–Trinajstić information content (AvgIpc) is 2.77. The summed E-state index contributed by atoms with van der Waals surface area (Å²) in [6.07, 6.45) is 0.962. The molecule has 0 saturated carbocycles. The molecule has 1 aromatic heterocycles. The van der Waals surface area contributed by atoms with Crippen molar-refractivity contribution < 1.29 is 0 Å². The van der Waals surface area contributed by atoms with Gasteiger partial charge in [-0.2, -0.15) is 5.21 Å². The Hall–Kier alpha value is -1.70. The molecule has 15 heavy (non-hydrogen) atoms. The van der Waals surface area contributed by atoms with Gasteiger partial charge in [0.1, 0.15) is 0 Å². The van der Waals surface area contributed by atoms with Crippen molar-refractivity contribution in [3.63, 3.8) is 0 Å². The number of nitrogens with one attached hydrogen (secondary N) is 3. The molecule has 0 fully saturated rings. The number of aromatic amines is 1. The highest BCUT2D eigenvalue weighted by molar-refractivity contribution is 5.79. The molecule has 0 radical (unpaired) electrons. The summed E-state index contributed by atoms with van der Waals surface area (Å²) in [5, 5.41) is 16.6. The van der Waals surface area contributed by atoms with Gasteiger partial charge in [0.2, 0.25) is 5.96 Å². The zero-order valence-corrected chi connectivity index (χ0v) is 8.86. The SMILES string of the molecule is CCCN=C(NN)NC(C)c1nn[nH]n1. The molecule has 1 rings (SSSR count). The first kappa shape index (κ1) is 11.4. The van der Waals surface area contributed by atoms with Crippen molar-refractivity contribution >= 4 is 5.96 Å². The van der Waals surface area contributed by atoms with Crippen LogP contribution in [0.3, 0.4) is 0 Å². The minimum atomic E-state index is -0.101. The van der Waals surface area contributed by atoms with Gasteiger partial charge in [-0.05, 0) is 13.3 Å². The molecule has 5 N–H and O–H groups in total. The summed E-state index contributed by atoms with van der Waals surface area (Å²) in [5.74, 6) is 6.39. The summed E-state index contributed by atoms with van der Waals surface area (Å²) in [5.41, 5.74) is 2.48. The Bertz CT molecular complexity index is 292. The number of nitrogens with zero attached hydrogens (tertiary/aromatic N) is 4. The van der Waals surface area contributed by atoms with E-state index in [2.05, 4.69) is 36.4 Å². The number of hydrogen-bond acceptors (Lipinski definition) is 5. The molecule has 8 heteroatoms. The van der Waals surface area contributed by atoms with Crippen LogP contribution < -0.4 is 16.6 Å². The van der Waals surface area contributed by atoms with Crippen molar-refractivity contribution in [2.24, 2.45) is 10.8 Å². The fraction of sp³-hybridized carbons (Fsp3) is 0.714. The van der Waals surface area contributed by atoms with Crippen molar-refractivity contribution in [2.75, 3.05) is 6.54 Å². The maximum Gasteiger partial charge on any atom is 0.206 e. The number of nitrogens with two attached hydrogens (primary N) is 1. The number of hydrazine groups is 1. The Morgan fingerprint density at radius 3 is 3.00 bits per heavy atom. The highest BCUT2D eigenvalue weighted by atomic mass is 15.5. The third kappa shape index (κ3) is 3.50. The standard InChI is InChI=1S/C7H16N8/c1-3-4-9-7(11-8)10-5(2)6-12-14-15-13-6/h5H,3-4,8H2,1-2H3,(H2,9,10,11)(H,12,13,14,15). The van der Waals surface area contributed by atoms with Crippen molar-refractivity contribution in [1.29, 1.82) is 0 Å².